The molecule has 0 spiro atoms. The summed E-state index contributed by atoms with van der Waals surface area (Å²) in [5.41, 5.74) is 0.825. The second kappa shape index (κ2) is 7.41. The zero-order valence-corrected chi connectivity index (χ0v) is 17.9. The Bertz CT molecular complexity index is 536. The normalized spacial score (nSPS) is 14.7. The van der Waals surface area contributed by atoms with Crippen LogP contribution < -0.4 is 4.74 Å². The summed E-state index contributed by atoms with van der Waals surface area (Å²) in [6, 6.07) is 7.25. The van der Waals surface area contributed by atoms with E-state index in [0.29, 0.717) is 5.76 Å². The third kappa shape index (κ3) is 15.2. The summed E-state index contributed by atoms with van der Waals surface area (Å²) in [7, 11) is 28.1. The Balaban J connectivity index is 0.000000486. The number of rotatable bonds is 3. The predicted octanol–water partition coefficient (Wildman–Crippen LogP) is 6.25. The first-order chi connectivity index (χ1) is 9.26. The first kappa shape index (κ1) is 21.5. The second-order valence-corrected chi connectivity index (χ2v) is 60.4. The zero-order valence-electron chi connectivity index (χ0n) is 10.8. The van der Waals surface area contributed by atoms with Gasteiger partial charge < -0.3 is 9.47 Å². The molecule has 0 fully saturated rings. The summed E-state index contributed by atoms with van der Waals surface area (Å²) in [4.78, 5) is 2.91. The summed E-state index contributed by atoms with van der Waals surface area (Å²) in [5.74, 6) is 1.26. The molecule has 0 amide bonds. The van der Waals surface area contributed by atoms with Crippen molar-refractivity contribution in [1.29, 1.82) is 5.39 Å². The van der Waals surface area contributed by atoms with Gasteiger partial charge in [0, 0.05) is 5.56 Å². The van der Waals surface area contributed by atoms with Gasteiger partial charge >= 0.3 is 68.3 Å². The fourth-order valence-electron chi connectivity index (χ4n) is 1.05. The summed E-state index contributed by atoms with van der Waals surface area (Å²) >= 11 is 0. The number of ether oxygens (including phenoxy) is 2. The van der Waals surface area contributed by atoms with Crippen LogP contribution in [0.2, 0.25) is 0 Å². The van der Waals surface area contributed by atoms with E-state index in [1.807, 2.05) is 12.1 Å². The molecule has 0 aliphatic carbocycles. The molecule has 21 heavy (non-hydrogen) atoms. The van der Waals surface area contributed by atoms with E-state index in [-0.39, 0.29) is 0 Å². The number of benzene rings is 1. The molecule has 1 aromatic carbocycles. The molecule has 0 saturated carbocycles. The minimum atomic E-state index is -5.42. The number of methoxy groups -OCH3 is 2. The molecule has 0 radical (unpaired) electrons. The molecule has 1 aromatic rings. The summed E-state index contributed by atoms with van der Waals surface area (Å²) in [6.07, 6.45) is 1.24. The molecule has 0 aromatic heterocycles. The molecule has 0 aliphatic rings. The summed E-state index contributed by atoms with van der Waals surface area (Å²) in [6.45, 7) is 0. The van der Waals surface area contributed by atoms with Crippen molar-refractivity contribution in [2.45, 2.75) is 0 Å². The van der Waals surface area contributed by atoms with Gasteiger partial charge in [-0.2, -0.15) is 0 Å². The van der Waals surface area contributed by atoms with Crippen molar-refractivity contribution in [1.82, 2.24) is 0 Å². The van der Waals surface area contributed by atoms with Crippen LogP contribution in [0.5, 0.6) is 5.75 Å². The van der Waals surface area contributed by atoms with Gasteiger partial charge in [-0.25, -0.2) is 0 Å². The van der Waals surface area contributed by atoms with Crippen LogP contribution in [0.4, 0.5) is 0 Å². The Morgan fingerprint density at radius 2 is 1.48 bits per heavy atom. The van der Waals surface area contributed by atoms with Gasteiger partial charge in [0.05, 0.1) is 14.2 Å². The SMILES string of the molecule is CO/C(=C/[N+]#N)c1ccc(OC)cc1.[Cl][Sb-]([Cl])([Cl])([Cl])([Cl])[Cl]. The molecule has 120 valence electrons. The minimum absolute atomic E-state index is 0.496. The van der Waals surface area contributed by atoms with Crippen molar-refractivity contribution < 1.29 is 9.47 Å². The van der Waals surface area contributed by atoms with E-state index < -0.39 is 9.14 Å². The van der Waals surface area contributed by atoms with Gasteiger partial charge in [-0.15, -0.1) is 0 Å². The average molecular weight is 526 g/mol. The van der Waals surface area contributed by atoms with Crippen LogP contribution in [0.3, 0.4) is 0 Å². The van der Waals surface area contributed by atoms with Gasteiger partial charge in [-0.1, -0.05) is 0 Å². The van der Waals surface area contributed by atoms with Gasteiger partial charge in [-0.3, -0.25) is 0 Å². The van der Waals surface area contributed by atoms with E-state index >= 15 is 0 Å². The van der Waals surface area contributed by atoms with Crippen LogP contribution in [0, 0.1) is 5.39 Å². The van der Waals surface area contributed by atoms with E-state index in [4.69, 9.17) is 67.8 Å². The van der Waals surface area contributed by atoms with Crippen molar-refractivity contribution in [2.24, 2.45) is 0 Å². The van der Waals surface area contributed by atoms with E-state index in [9.17, 15) is 0 Å². The summed E-state index contributed by atoms with van der Waals surface area (Å²) < 4.78 is 10.0. The van der Waals surface area contributed by atoms with Crippen LogP contribution in [0.1, 0.15) is 5.56 Å². The first-order valence-corrected chi connectivity index (χ1v) is 24.5. The standard InChI is InChI=1S/C10H11N2O2.6ClH.Sb/c1-13-9-5-3-8(4-6-9)10(14-2)7-12-11;;;;;;;/h3-7H,1-2H3;6*1H;/q+1;;;;;;;+5/p-6/b10-7+;;;;;;;. The third-order valence-electron chi connectivity index (χ3n) is 1.77. The number of hydrogen-bond acceptors (Lipinski definition) is 3. The number of diazo groups is 1. The van der Waals surface area contributed by atoms with Crippen LogP contribution in [0.15, 0.2) is 30.5 Å². The van der Waals surface area contributed by atoms with E-state index in [1.165, 1.54) is 13.3 Å². The molecule has 0 atom stereocenters. The Morgan fingerprint density at radius 1 is 1.05 bits per heavy atom. The van der Waals surface area contributed by atoms with Crippen molar-refractivity contribution in [3.8, 4) is 5.75 Å². The van der Waals surface area contributed by atoms with Crippen LogP contribution in [-0.4, -0.2) is 23.4 Å². The number of hydrogen-bond donors (Lipinski definition) is 0. The van der Waals surface area contributed by atoms with E-state index in [2.05, 4.69) is 4.98 Å². The van der Waals surface area contributed by atoms with Crippen LogP contribution in [-0.2, 0) is 4.74 Å². The Labute approximate surface area is 142 Å². The van der Waals surface area contributed by atoms with Crippen molar-refractivity contribution in [3.05, 3.63) is 41.0 Å². The first-order valence-electron chi connectivity index (χ1n) is 5.06. The van der Waals surface area contributed by atoms with Gasteiger partial charge in [-0.05, 0) is 24.3 Å². The Kier molecular flexibility index (Phi) is 7.60. The van der Waals surface area contributed by atoms with Gasteiger partial charge in [0.2, 0.25) is 11.2 Å². The number of nitrogens with zero attached hydrogens (tertiary/aromatic N) is 2. The van der Waals surface area contributed by atoms with E-state index in [1.54, 1.807) is 19.2 Å². The molecule has 0 saturated heterocycles. The Morgan fingerprint density at radius 3 is 1.76 bits per heavy atom. The second-order valence-electron chi connectivity index (χ2n) is 3.50. The topological polar surface area (TPSA) is 46.6 Å². The number of halogens is 6. The predicted molar refractivity (Wildman–Crippen MR) is 93.9 cm³/mol. The van der Waals surface area contributed by atoms with Crippen molar-refractivity contribution in [2.75, 3.05) is 14.2 Å². The van der Waals surface area contributed by atoms with Crippen molar-refractivity contribution >= 4 is 67.9 Å². The third-order valence-corrected chi connectivity index (χ3v) is 1.77. The molecule has 0 aliphatic heterocycles. The molecule has 0 bridgehead atoms. The molecule has 4 nitrogen and oxygen atoms in total. The van der Waals surface area contributed by atoms with Gasteiger partial charge in [0.25, 0.3) is 0 Å². The van der Waals surface area contributed by atoms with Crippen molar-refractivity contribution in [3.63, 3.8) is 0 Å². The molecular formula is C10H11Cl6N2O2Sb. The molecule has 0 N–H and O–H groups in total. The maximum absolute atomic E-state index is 8.37. The Hall–Kier alpha value is 0.538. The quantitative estimate of drug-likeness (QED) is 0.266. The average Bonchev–Trinajstić information content (AvgIpc) is 2.32. The van der Waals surface area contributed by atoms with Gasteiger partial charge in [0.15, 0.2) is 4.98 Å². The maximum atomic E-state index is 8.37. The van der Waals surface area contributed by atoms with Crippen LogP contribution >= 0.6 is 53.0 Å². The van der Waals surface area contributed by atoms with Gasteiger partial charge in [0.1, 0.15) is 5.75 Å². The molecule has 1 rings (SSSR count). The molecule has 0 heterocycles. The molecule has 11 heteroatoms. The summed E-state index contributed by atoms with van der Waals surface area (Å²) in [5, 5.41) is 8.37. The molecular weight excluding hydrogens is 515 g/mol. The van der Waals surface area contributed by atoms with E-state index in [0.717, 1.165) is 11.3 Å². The monoisotopic (exact) mass is 522 g/mol. The fourth-order valence-corrected chi connectivity index (χ4v) is 1.05. The molecule has 0 unspecified atom stereocenters. The fraction of sp³-hybridized carbons (Fsp3) is 0.200. The zero-order chi connectivity index (χ0) is 16.8. The van der Waals surface area contributed by atoms with Crippen LogP contribution in [0.25, 0.3) is 10.7 Å².